The molecule has 0 atom stereocenters. The molecule has 0 aromatic heterocycles. The summed E-state index contributed by atoms with van der Waals surface area (Å²) in [6, 6.07) is 0. The van der Waals surface area contributed by atoms with Crippen LogP contribution >= 0.6 is 24.6 Å². The molecule has 7 heteroatoms. The molecule has 0 aliphatic rings. The van der Waals surface area contributed by atoms with E-state index in [9.17, 15) is 0 Å². The molecule has 0 aromatic carbocycles. The SMILES string of the molecule is CCCCOSOOOSOCCCC. The summed E-state index contributed by atoms with van der Waals surface area (Å²) in [6.45, 7) is 5.42. The Kier molecular flexibility index (Phi) is 15.0. The Hall–Kier alpha value is 0.500. The maximum absolute atomic E-state index is 4.96. The molecule has 0 rings (SSSR count). The van der Waals surface area contributed by atoms with E-state index in [-0.39, 0.29) is 0 Å². The molecule has 0 N–H and O–H groups in total. The van der Waals surface area contributed by atoms with Gasteiger partial charge in [0, 0.05) is 0 Å². The molecule has 0 saturated heterocycles. The summed E-state index contributed by atoms with van der Waals surface area (Å²) in [5.74, 6) is 0. The Morgan fingerprint density at radius 1 is 0.800 bits per heavy atom. The lowest BCUT2D eigenvalue weighted by Crippen LogP contribution is -1.90. The first-order chi connectivity index (χ1) is 7.41. The fourth-order valence-electron chi connectivity index (χ4n) is 0.548. The molecule has 0 fully saturated rings. The van der Waals surface area contributed by atoms with Crippen molar-refractivity contribution in [1.29, 1.82) is 0 Å². The standard InChI is InChI=1S/C8H18O5S2/c1-3-5-7-9-14-12-11-13-15-10-8-6-4-2/h3-8H2,1-2H3. The number of rotatable bonds is 12. The summed E-state index contributed by atoms with van der Waals surface area (Å²) in [7, 11) is 0. The molecule has 0 amide bonds. The van der Waals surface area contributed by atoms with Crippen LogP contribution in [0.1, 0.15) is 39.5 Å². The van der Waals surface area contributed by atoms with Crippen molar-refractivity contribution in [2.75, 3.05) is 13.2 Å². The van der Waals surface area contributed by atoms with Crippen molar-refractivity contribution >= 4 is 24.6 Å². The Morgan fingerprint density at radius 3 is 1.67 bits per heavy atom. The predicted octanol–water partition coefficient (Wildman–Crippen LogP) is 3.63. The van der Waals surface area contributed by atoms with Crippen molar-refractivity contribution in [3.8, 4) is 0 Å². The van der Waals surface area contributed by atoms with Gasteiger partial charge in [-0.25, -0.2) is 0 Å². The van der Waals surface area contributed by atoms with Crippen LogP contribution in [0, 0.1) is 0 Å². The molecule has 0 saturated carbocycles. The van der Waals surface area contributed by atoms with Gasteiger partial charge in [-0.1, -0.05) is 26.7 Å². The average Bonchev–Trinajstić information content (AvgIpc) is 2.26. The third-order valence-electron chi connectivity index (χ3n) is 1.37. The first-order valence-corrected chi connectivity index (χ1v) is 6.32. The van der Waals surface area contributed by atoms with E-state index in [4.69, 9.17) is 8.37 Å². The van der Waals surface area contributed by atoms with Crippen LogP contribution in [-0.2, 0) is 22.1 Å². The van der Waals surface area contributed by atoms with Crippen molar-refractivity contribution < 1.29 is 22.1 Å². The zero-order valence-electron chi connectivity index (χ0n) is 9.10. The highest BCUT2D eigenvalue weighted by Crippen LogP contribution is 2.11. The lowest BCUT2D eigenvalue weighted by Gasteiger charge is -2.00. The monoisotopic (exact) mass is 258 g/mol. The first-order valence-electron chi connectivity index (χ1n) is 4.99. The predicted molar refractivity (Wildman–Crippen MR) is 60.2 cm³/mol. The minimum atomic E-state index is 0.630. The van der Waals surface area contributed by atoms with Crippen molar-refractivity contribution in [1.82, 2.24) is 0 Å². The largest absolute Gasteiger partial charge is 0.289 e. The summed E-state index contributed by atoms with van der Waals surface area (Å²) in [4.78, 5) is 0. The fourth-order valence-corrected chi connectivity index (χ4v) is 1.13. The van der Waals surface area contributed by atoms with Crippen molar-refractivity contribution in [3.63, 3.8) is 0 Å². The van der Waals surface area contributed by atoms with E-state index < -0.39 is 0 Å². The Morgan fingerprint density at radius 2 is 1.27 bits per heavy atom. The third kappa shape index (κ3) is 14.5. The zero-order valence-corrected chi connectivity index (χ0v) is 10.7. The summed E-state index contributed by atoms with van der Waals surface area (Å²) >= 11 is 1.49. The van der Waals surface area contributed by atoms with Gasteiger partial charge in [0.15, 0.2) is 24.6 Å². The summed E-state index contributed by atoms with van der Waals surface area (Å²) < 4.78 is 18.8. The van der Waals surface area contributed by atoms with Crippen LogP contribution in [0.3, 0.4) is 0 Å². The molecule has 0 radical (unpaired) electrons. The molecule has 0 aliphatic heterocycles. The average molecular weight is 258 g/mol. The van der Waals surface area contributed by atoms with E-state index in [1.807, 2.05) is 0 Å². The van der Waals surface area contributed by atoms with Crippen LogP contribution in [0.15, 0.2) is 0 Å². The maximum Gasteiger partial charge on any atom is 0.197 e. The second-order valence-electron chi connectivity index (χ2n) is 2.69. The summed E-state index contributed by atoms with van der Waals surface area (Å²) in [6.07, 6.45) is 4.15. The minimum Gasteiger partial charge on any atom is -0.289 e. The van der Waals surface area contributed by atoms with E-state index >= 15 is 0 Å². The van der Waals surface area contributed by atoms with Crippen LogP contribution in [0.4, 0.5) is 0 Å². The molecule has 0 bridgehead atoms. The van der Waals surface area contributed by atoms with Crippen LogP contribution in [-0.4, -0.2) is 13.2 Å². The highest BCUT2D eigenvalue weighted by atomic mass is 32.2. The van der Waals surface area contributed by atoms with E-state index in [0.717, 1.165) is 50.3 Å². The number of unbranched alkanes of at least 4 members (excludes halogenated alkanes) is 2. The molecule has 0 aromatic rings. The van der Waals surface area contributed by atoms with E-state index in [2.05, 4.69) is 27.6 Å². The minimum absolute atomic E-state index is 0.630. The molecule has 5 nitrogen and oxygen atoms in total. The Balaban J connectivity index is 2.81. The molecular weight excluding hydrogens is 240 g/mol. The normalized spacial score (nSPS) is 10.8. The smallest absolute Gasteiger partial charge is 0.197 e. The van der Waals surface area contributed by atoms with Crippen LogP contribution in [0.2, 0.25) is 0 Å². The van der Waals surface area contributed by atoms with Gasteiger partial charge in [-0.2, -0.15) is 0 Å². The van der Waals surface area contributed by atoms with Gasteiger partial charge in [0.05, 0.1) is 13.2 Å². The lowest BCUT2D eigenvalue weighted by molar-refractivity contribution is -0.401. The zero-order chi connectivity index (χ0) is 11.2. The topological polar surface area (TPSA) is 46.2 Å². The fraction of sp³-hybridized carbons (Fsp3) is 1.00. The van der Waals surface area contributed by atoms with Gasteiger partial charge >= 0.3 is 0 Å². The third-order valence-corrected chi connectivity index (χ3v) is 2.12. The van der Waals surface area contributed by atoms with Crippen molar-refractivity contribution in [2.45, 2.75) is 39.5 Å². The molecule has 0 heterocycles. The van der Waals surface area contributed by atoms with Crippen molar-refractivity contribution in [3.05, 3.63) is 0 Å². The second-order valence-corrected chi connectivity index (χ2v) is 3.71. The van der Waals surface area contributed by atoms with E-state index in [1.54, 1.807) is 0 Å². The Labute approximate surface area is 99.8 Å². The first kappa shape index (κ1) is 15.5. The summed E-state index contributed by atoms with van der Waals surface area (Å²) in [5.41, 5.74) is 0. The molecule has 0 spiro atoms. The van der Waals surface area contributed by atoms with Crippen LogP contribution in [0.5, 0.6) is 0 Å². The quantitative estimate of drug-likeness (QED) is 0.229. The van der Waals surface area contributed by atoms with E-state index in [1.165, 1.54) is 0 Å². The maximum atomic E-state index is 4.96. The Bertz CT molecular complexity index is 105. The molecule has 92 valence electrons. The van der Waals surface area contributed by atoms with Gasteiger partial charge in [-0.3, -0.25) is 8.37 Å². The van der Waals surface area contributed by atoms with Crippen LogP contribution in [0.25, 0.3) is 0 Å². The van der Waals surface area contributed by atoms with E-state index in [0.29, 0.717) is 13.2 Å². The molecular formula is C8H18O5S2. The van der Waals surface area contributed by atoms with Gasteiger partial charge in [0.2, 0.25) is 0 Å². The van der Waals surface area contributed by atoms with Gasteiger partial charge in [0.1, 0.15) is 0 Å². The summed E-state index contributed by atoms with van der Waals surface area (Å²) in [5, 5.41) is 4.27. The van der Waals surface area contributed by atoms with Crippen molar-refractivity contribution in [2.24, 2.45) is 0 Å². The molecule has 15 heavy (non-hydrogen) atoms. The second kappa shape index (κ2) is 14.5. The highest BCUT2D eigenvalue weighted by Gasteiger charge is 1.95. The van der Waals surface area contributed by atoms with Gasteiger partial charge < -0.3 is 0 Å². The van der Waals surface area contributed by atoms with Gasteiger partial charge in [0.25, 0.3) is 0 Å². The highest BCUT2D eigenvalue weighted by molar-refractivity contribution is 7.90. The van der Waals surface area contributed by atoms with Gasteiger partial charge in [-0.05, 0) is 17.9 Å². The number of hydrogen-bond acceptors (Lipinski definition) is 7. The van der Waals surface area contributed by atoms with Crippen LogP contribution < -0.4 is 0 Å². The van der Waals surface area contributed by atoms with Gasteiger partial charge in [-0.15, -0.1) is 8.67 Å². The molecule has 0 unspecified atom stereocenters. The lowest BCUT2D eigenvalue weighted by atomic mass is 10.4. The molecule has 0 aliphatic carbocycles. The number of hydrogen-bond donors (Lipinski definition) is 0.